The molecule has 0 fully saturated rings. The maximum absolute atomic E-state index is 5.21. The van der Waals surface area contributed by atoms with Crippen molar-refractivity contribution in [2.75, 3.05) is 17.6 Å². The molecule has 0 aliphatic rings. The highest BCUT2D eigenvalue weighted by atomic mass is 127. The molecule has 0 aromatic rings. The second-order valence-corrected chi connectivity index (χ2v) is 3.38. The van der Waals surface area contributed by atoms with Crippen molar-refractivity contribution in [3.05, 3.63) is 0 Å². The van der Waals surface area contributed by atoms with E-state index in [4.69, 9.17) is 4.74 Å². The summed E-state index contributed by atoms with van der Waals surface area (Å²) in [6, 6.07) is 0. The molecule has 0 N–H and O–H groups in total. The summed E-state index contributed by atoms with van der Waals surface area (Å²) in [5.74, 6) is 0. The molecule has 0 unspecified atom stereocenters. The molecule has 2 heteroatoms. The Hall–Kier alpha value is 0.690. The lowest BCUT2D eigenvalue weighted by Crippen LogP contribution is -1.92. The molecule has 0 aromatic heterocycles. The minimum Gasteiger partial charge on any atom is -0.382 e. The van der Waals surface area contributed by atoms with Crippen molar-refractivity contribution >= 4 is 22.6 Å². The molecule has 0 bridgehead atoms. The van der Waals surface area contributed by atoms with Crippen molar-refractivity contribution in [3.63, 3.8) is 0 Å². The topological polar surface area (TPSA) is 9.23 Å². The third kappa shape index (κ3) is 8.69. The fourth-order valence-electron chi connectivity index (χ4n) is 0.797. The van der Waals surface area contributed by atoms with Crippen LogP contribution < -0.4 is 0 Å². The van der Waals surface area contributed by atoms with Crippen molar-refractivity contribution in [1.82, 2.24) is 0 Å². The Morgan fingerprint density at radius 2 is 1.80 bits per heavy atom. The predicted molar refractivity (Wildman–Crippen MR) is 53.8 cm³/mol. The van der Waals surface area contributed by atoms with E-state index in [9.17, 15) is 0 Å². The molecule has 0 radical (unpaired) electrons. The average molecular weight is 256 g/mol. The van der Waals surface area contributed by atoms with Crippen LogP contribution in [0.1, 0.15) is 32.6 Å². The van der Waals surface area contributed by atoms with Gasteiger partial charge in [-0.25, -0.2) is 0 Å². The monoisotopic (exact) mass is 256 g/mol. The number of rotatable bonds is 7. The van der Waals surface area contributed by atoms with Crippen molar-refractivity contribution in [2.45, 2.75) is 32.6 Å². The van der Waals surface area contributed by atoms with Gasteiger partial charge in [0.05, 0.1) is 0 Å². The van der Waals surface area contributed by atoms with Crippen LogP contribution in [0.3, 0.4) is 0 Å². The van der Waals surface area contributed by atoms with Gasteiger partial charge in [-0.05, 0) is 24.2 Å². The highest BCUT2D eigenvalue weighted by Gasteiger charge is 1.87. The van der Waals surface area contributed by atoms with E-state index in [0.29, 0.717) is 0 Å². The summed E-state index contributed by atoms with van der Waals surface area (Å²) in [5.41, 5.74) is 0. The van der Waals surface area contributed by atoms with Gasteiger partial charge in [0, 0.05) is 13.2 Å². The normalized spacial score (nSPS) is 10.2. The zero-order chi connectivity index (χ0) is 7.66. The van der Waals surface area contributed by atoms with Crippen molar-refractivity contribution < 1.29 is 4.74 Å². The Morgan fingerprint density at radius 1 is 1.10 bits per heavy atom. The number of alkyl halides is 1. The Morgan fingerprint density at radius 3 is 2.40 bits per heavy atom. The first-order chi connectivity index (χ1) is 4.91. The summed E-state index contributed by atoms with van der Waals surface area (Å²) in [4.78, 5) is 0. The fourth-order valence-corrected chi connectivity index (χ4v) is 1.34. The van der Waals surface area contributed by atoms with Crippen LogP contribution in [0.15, 0.2) is 0 Å². The maximum Gasteiger partial charge on any atom is 0.0465 e. The second kappa shape index (κ2) is 9.69. The third-order valence-electron chi connectivity index (χ3n) is 1.38. The lowest BCUT2D eigenvalue weighted by atomic mass is 10.2. The van der Waals surface area contributed by atoms with E-state index in [1.54, 1.807) is 0 Å². The third-order valence-corrected chi connectivity index (χ3v) is 2.14. The molecule has 0 spiro atoms. The van der Waals surface area contributed by atoms with E-state index >= 15 is 0 Å². The molecule has 0 saturated heterocycles. The minimum atomic E-state index is 0.867. The van der Waals surface area contributed by atoms with Gasteiger partial charge in [0.2, 0.25) is 0 Å². The number of ether oxygens (including phenoxy) is 1. The van der Waals surface area contributed by atoms with Crippen LogP contribution in [0, 0.1) is 0 Å². The molecule has 0 heterocycles. The first-order valence-electron chi connectivity index (χ1n) is 4.05. The van der Waals surface area contributed by atoms with Crippen molar-refractivity contribution in [3.8, 4) is 0 Å². The van der Waals surface area contributed by atoms with E-state index in [2.05, 4.69) is 22.6 Å². The van der Waals surface area contributed by atoms with Gasteiger partial charge in [0.1, 0.15) is 0 Å². The standard InChI is InChI=1S/C8H17IO/c1-2-10-8-6-4-3-5-7-9/h2-8H2,1H3. The lowest BCUT2D eigenvalue weighted by molar-refractivity contribution is 0.143. The quantitative estimate of drug-likeness (QED) is 0.386. The maximum atomic E-state index is 5.21. The van der Waals surface area contributed by atoms with E-state index in [-0.39, 0.29) is 0 Å². The summed E-state index contributed by atoms with van der Waals surface area (Å²) in [7, 11) is 0. The van der Waals surface area contributed by atoms with E-state index < -0.39 is 0 Å². The number of hydrogen-bond acceptors (Lipinski definition) is 1. The van der Waals surface area contributed by atoms with Crippen LogP contribution in [0.5, 0.6) is 0 Å². The zero-order valence-corrected chi connectivity index (χ0v) is 8.89. The van der Waals surface area contributed by atoms with Crippen LogP contribution in [-0.4, -0.2) is 17.6 Å². The minimum absolute atomic E-state index is 0.867. The Balaban J connectivity index is 2.65. The molecule has 0 amide bonds. The van der Waals surface area contributed by atoms with Gasteiger partial charge in [-0.15, -0.1) is 0 Å². The molecule has 0 saturated carbocycles. The van der Waals surface area contributed by atoms with Gasteiger partial charge >= 0.3 is 0 Å². The molecule has 0 aliphatic heterocycles. The zero-order valence-electron chi connectivity index (χ0n) is 6.74. The molecule has 0 rings (SSSR count). The van der Waals surface area contributed by atoms with Crippen LogP contribution in [0.4, 0.5) is 0 Å². The highest BCUT2D eigenvalue weighted by molar-refractivity contribution is 14.1. The van der Waals surface area contributed by atoms with Crippen molar-refractivity contribution in [2.24, 2.45) is 0 Å². The molecule has 0 atom stereocenters. The lowest BCUT2D eigenvalue weighted by Gasteiger charge is -1.99. The summed E-state index contributed by atoms with van der Waals surface area (Å²) < 4.78 is 6.51. The number of unbranched alkanes of at least 4 members (excludes halogenated alkanes) is 3. The second-order valence-electron chi connectivity index (χ2n) is 2.30. The van der Waals surface area contributed by atoms with Crippen LogP contribution in [0.2, 0.25) is 0 Å². The Bertz CT molecular complexity index is 49.2. The molecule has 62 valence electrons. The number of hydrogen-bond donors (Lipinski definition) is 0. The molecule has 0 aliphatic carbocycles. The smallest absolute Gasteiger partial charge is 0.0465 e. The van der Waals surface area contributed by atoms with E-state index in [0.717, 1.165) is 13.2 Å². The fraction of sp³-hybridized carbons (Fsp3) is 1.00. The molecule has 10 heavy (non-hydrogen) atoms. The predicted octanol–water partition coefficient (Wildman–Crippen LogP) is 3.02. The largest absolute Gasteiger partial charge is 0.382 e. The highest BCUT2D eigenvalue weighted by Crippen LogP contribution is 2.01. The van der Waals surface area contributed by atoms with Gasteiger partial charge < -0.3 is 4.74 Å². The SMILES string of the molecule is CCOCCCCCCI. The van der Waals surface area contributed by atoms with E-state index in [1.165, 1.54) is 30.1 Å². The summed E-state index contributed by atoms with van der Waals surface area (Å²) >= 11 is 2.42. The number of halogens is 1. The van der Waals surface area contributed by atoms with Crippen molar-refractivity contribution in [1.29, 1.82) is 0 Å². The molecular weight excluding hydrogens is 239 g/mol. The Kier molecular flexibility index (Phi) is 10.4. The van der Waals surface area contributed by atoms with Gasteiger partial charge in [-0.3, -0.25) is 0 Å². The molecule has 0 aromatic carbocycles. The first kappa shape index (κ1) is 10.7. The van der Waals surface area contributed by atoms with Crippen LogP contribution >= 0.6 is 22.6 Å². The first-order valence-corrected chi connectivity index (χ1v) is 5.58. The Labute approximate surface area is 77.7 Å². The summed E-state index contributed by atoms with van der Waals surface area (Å²) in [6.07, 6.45) is 5.32. The molecular formula is C8H17IO. The average Bonchev–Trinajstić information content (AvgIpc) is 1.97. The van der Waals surface area contributed by atoms with Gasteiger partial charge in [0.25, 0.3) is 0 Å². The van der Waals surface area contributed by atoms with E-state index in [1.807, 2.05) is 6.92 Å². The summed E-state index contributed by atoms with van der Waals surface area (Å²) in [6.45, 7) is 3.87. The van der Waals surface area contributed by atoms with Gasteiger partial charge in [0.15, 0.2) is 0 Å². The van der Waals surface area contributed by atoms with Crippen LogP contribution in [0.25, 0.3) is 0 Å². The van der Waals surface area contributed by atoms with Crippen LogP contribution in [-0.2, 0) is 4.74 Å². The summed E-state index contributed by atoms with van der Waals surface area (Å²) in [5, 5.41) is 0. The van der Waals surface area contributed by atoms with Gasteiger partial charge in [-0.1, -0.05) is 35.4 Å². The molecule has 1 nitrogen and oxygen atoms in total. The van der Waals surface area contributed by atoms with Gasteiger partial charge in [-0.2, -0.15) is 0 Å².